The van der Waals surface area contributed by atoms with Crippen molar-refractivity contribution in [3.63, 3.8) is 0 Å². The molecule has 2 aromatic heterocycles. The Morgan fingerprint density at radius 2 is 1.86 bits per heavy atom. The Hall–Kier alpha value is -3.83. The highest BCUT2D eigenvalue weighted by atomic mass is 19.4. The number of benzene rings is 1. The van der Waals surface area contributed by atoms with Crippen LogP contribution in [-0.4, -0.2) is 57.9 Å². The number of aromatic nitrogens is 3. The molecule has 9 nitrogen and oxygen atoms in total. The molecule has 1 aromatic carbocycles. The molecular formula is C24H28F3N5O4. The Bertz CT molecular complexity index is 1210. The van der Waals surface area contributed by atoms with Gasteiger partial charge in [-0.1, -0.05) is 13.3 Å². The Labute approximate surface area is 206 Å². The van der Waals surface area contributed by atoms with Gasteiger partial charge in [0.1, 0.15) is 29.2 Å². The first kappa shape index (κ1) is 26.8. The molecule has 1 amide bonds. The summed E-state index contributed by atoms with van der Waals surface area (Å²) in [5.74, 6) is -1.04. The van der Waals surface area contributed by atoms with Crippen molar-refractivity contribution in [2.75, 3.05) is 25.5 Å². The van der Waals surface area contributed by atoms with E-state index < -0.39 is 12.3 Å². The molecule has 1 N–H and O–H groups in total. The smallest absolute Gasteiger partial charge is 0.466 e. The van der Waals surface area contributed by atoms with E-state index in [4.69, 9.17) is 4.74 Å². The van der Waals surface area contributed by atoms with Crippen LogP contribution < -0.4 is 10.1 Å². The number of nitrogens with zero attached hydrogens (tertiary/aromatic N) is 4. The second-order valence-corrected chi connectivity index (χ2v) is 8.17. The van der Waals surface area contributed by atoms with Crippen LogP contribution >= 0.6 is 0 Å². The Balaban J connectivity index is 1.82. The molecule has 1 unspecified atom stereocenters. The quantitative estimate of drug-likeness (QED) is 0.399. The van der Waals surface area contributed by atoms with Crippen molar-refractivity contribution in [3.8, 4) is 5.75 Å². The molecule has 0 aliphatic rings. The molecule has 3 aromatic rings. The number of aryl methyl sites for hydroxylation is 1. The number of anilines is 2. The van der Waals surface area contributed by atoms with E-state index >= 15 is 0 Å². The lowest BCUT2D eigenvalue weighted by molar-refractivity contribution is -0.274. The summed E-state index contributed by atoms with van der Waals surface area (Å²) in [6.07, 6.45) is -2.09. The van der Waals surface area contributed by atoms with E-state index in [2.05, 4.69) is 20.0 Å². The highest BCUT2D eigenvalue weighted by Crippen LogP contribution is 2.28. The van der Waals surface area contributed by atoms with Gasteiger partial charge in [-0.3, -0.25) is 9.59 Å². The molecule has 0 saturated heterocycles. The summed E-state index contributed by atoms with van der Waals surface area (Å²) in [5.41, 5.74) is 1.29. The molecule has 0 bridgehead atoms. The third-order valence-corrected chi connectivity index (χ3v) is 5.49. The standard InChI is InChI=1S/C24H28F3N5O4/c1-5-7-15(23(34)35-6-2)13-31(3)22(33)19-12-18-20(28-14-29-21(18)32(19)4)30-16-8-10-17(11-9-16)36-24(25,26)27/h8-12,14-15H,5-7,13H2,1-4H3,(H,28,29,30). The minimum atomic E-state index is -4.78. The zero-order valence-electron chi connectivity index (χ0n) is 20.4. The van der Waals surface area contributed by atoms with Crippen LogP contribution in [0.4, 0.5) is 24.7 Å². The zero-order valence-corrected chi connectivity index (χ0v) is 20.4. The fourth-order valence-electron chi connectivity index (χ4n) is 3.82. The van der Waals surface area contributed by atoms with Crippen molar-refractivity contribution in [3.05, 3.63) is 42.4 Å². The topological polar surface area (TPSA) is 98.6 Å². The van der Waals surface area contributed by atoms with E-state index in [9.17, 15) is 22.8 Å². The monoisotopic (exact) mass is 507 g/mol. The highest BCUT2D eigenvalue weighted by Gasteiger charge is 2.31. The minimum Gasteiger partial charge on any atom is -0.466 e. The number of fused-ring (bicyclic) bond motifs is 1. The molecule has 194 valence electrons. The molecule has 0 spiro atoms. The molecule has 0 aliphatic heterocycles. The summed E-state index contributed by atoms with van der Waals surface area (Å²) in [7, 11) is 3.32. The molecule has 3 rings (SSSR count). The van der Waals surface area contributed by atoms with Crippen LogP contribution in [0.3, 0.4) is 0 Å². The van der Waals surface area contributed by atoms with Crippen molar-refractivity contribution >= 4 is 34.4 Å². The number of ether oxygens (including phenoxy) is 2. The van der Waals surface area contributed by atoms with Crippen LogP contribution in [0.15, 0.2) is 36.7 Å². The summed E-state index contributed by atoms with van der Waals surface area (Å²) in [6.45, 7) is 4.17. The minimum absolute atomic E-state index is 0.205. The number of hydrogen-bond acceptors (Lipinski definition) is 7. The Morgan fingerprint density at radius 1 is 1.17 bits per heavy atom. The Kier molecular flexibility index (Phi) is 8.38. The number of amides is 1. The van der Waals surface area contributed by atoms with Crippen LogP contribution in [0.1, 0.15) is 37.2 Å². The van der Waals surface area contributed by atoms with Crippen molar-refractivity contribution in [1.29, 1.82) is 0 Å². The lowest BCUT2D eigenvalue weighted by Gasteiger charge is -2.23. The maximum atomic E-state index is 13.3. The highest BCUT2D eigenvalue weighted by molar-refractivity contribution is 6.01. The Morgan fingerprint density at radius 3 is 2.47 bits per heavy atom. The number of nitrogens with one attached hydrogen (secondary N) is 1. The molecule has 0 fully saturated rings. The van der Waals surface area contributed by atoms with Crippen LogP contribution in [0.2, 0.25) is 0 Å². The predicted octanol–water partition coefficient (Wildman–Crippen LogP) is 4.66. The SMILES string of the molecule is CCCC(CN(C)C(=O)c1cc2c(Nc3ccc(OC(F)(F)F)cc3)ncnc2n1C)C(=O)OCC. The molecule has 2 heterocycles. The van der Waals surface area contributed by atoms with E-state index in [-0.39, 0.29) is 30.8 Å². The molecule has 36 heavy (non-hydrogen) atoms. The number of carbonyl (C=O) groups is 2. The largest absolute Gasteiger partial charge is 0.573 e. The molecule has 0 aliphatic carbocycles. The molecule has 1 atom stereocenters. The fraction of sp³-hybridized carbons (Fsp3) is 0.417. The van der Waals surface area contributed by atoms with Crippen LogP contribution in [0, 0.1) is 5.92 Å². The normalized spacial score (nSPS) is 12.3. The summed E-state index contributed by atoms with van der Waals surface area (Å²) in [6, 6.07) is 6.83. The lowest BCUT2D eigenvalue weighted by atomic mass is 10.0. The van der Waals surface area contributed by atoms with Crippen LogP contribution in [0.25, 0.3) is 11.0 Å². The average molecular weight is 508 g/mol. The zero-order chi connectivity index (χ0) is 26.5. The van der Waals surface area contributed by atoms with Gasteiger partial charge in [0.2, 0.25) is 0 Å². The van der Waals surface area contributed by atoms with Gasteiger partial charge in [0.15, 0.2) is 0 Å². The number of alkyl halides is 3. The number of rotatable bonds is 10. The summed E-state index contributed by atoms with van der Waals surface area (Å²) in [5, 5.41) is 3.58. The summed E-state index contributed by atoms with van der Waals surface area (Å²) in [4.78, 5) is 35.5. The van der Waals surface area contributed by atoms with E-state index in [0.717, 1.165) is 6.42 Å². The second-order valence-electron chi connectivity index (χ2n) is 8.17. The fourth-order valence-corrected chi connectivity index (χ4v) is 3.82. The third-order valence-electron chi connectivity index (χ3n) is 5.49. The number of hydrogen-bond donors (Lipinski definition) is 1. The predicted molar refractivity (Wildman–Crippen MR) is 127 cm³/mol. The van der Waals surface area contributed by atoms with Gasteiger partial charge < -0.3 is 24.3 Å². The van der Waals surface area contributed by atoms with Gasteiger partial charge in [-0.2, -0.15) is 0 Å². The molecule has 12 heteroatoms. The maximum absolute atomic E-state index is 13.3. The lowest BCUT2D eigenvalue weighted by Crippen LogP contribution is -2.36. The molecule has 0 saturated carbocycles. The second kappa shape index (κ2) is 11.3. The number of carbonyl (C=O) groups excluding carboxylic acids is 2. The number of esters is 1. The van der Waals surface area contributed by atoms with E-state index in [1.807, 2.05) is 6.92 Å². The van der Waals surface area contributed by atoms with Gasteiger partial charge in [0.25, 0.3) is 5.91 Å². The van der Waals surface area contributed by atoms with Crippen LogP contribution in [-0.2, 0) is 16.6 Å². The first-order valence-electron chi connectivity index (χ1n) is 11.4. The van der Waals surface area contributed by atoms with Gasteiger partial charge in [-0.25, -0.2) is 9.97 Å². The first-order valence-corrected chi connectivity index (χ1v) is 11.4. The third kappa shape index (κ3) is 6.43. The van der Waals surface area contributed by atoms with Crippen molar-refractivity contribution in [2.24, 2.45) is 13.0 Å². The van der Waals surface area contributed by atoms with Crippen molar-refractivity contribution in [1.82, 2.24) is 19.4 Å². The molecular weight excluding hydrogens is 479 g/mol. The summed E-state index contributed by atoms with van der Waals surface area (Å²) < 4.78 is 47.8. The van der Waals surface area contributed by atoms with Gasteiger partial charge >= 0.3 is 12.3 Å². The first-order chi connectivity index (χ1) is 17.0. The van der Waals surface area contributed by atoms with Crippen molar-refractivity contribution < 1.29 is 32.2 Å². The van der Waals surface area contributed by atoms with Crippen LogP contribution in [0.5, 0.6) is 5.75 Å². The van der Waals surface area contributed by atoms with Crippen molar-refractivity contribution in [2.45, 2.75) is 33.1 Å². The molecule has 0 radical (unpaired) electrons. The summed E-state index contributed by atoms with van der Waals surface area (Å²) >= 11 is 0. The average Bonchev–Trinajstić information content (AvgIpc) is 3.16. The van der Waals surface area contributed by atoms with E-state index in [1.165, 1.54) is 35.5 Å². The van der Waals surface area contributed by atoms with Gasteiger partial charge in [-0.15, -0.1) is 13.2 Å². The van der Waals surface area contributed by atoms with E-state index in [1.54, 1.807) is 31.7 Å². The van der Waals surface area contributed by atoms with Gasteiger partial charge in [0, 0.05) is 26.3 Å². The number of halogens is 3. The van der Waals surface area contributed by atoms with Gasteiger partial charge in [-0.05, 0) is 43.7 Å². The van der Waals surface area contributed by atoms with E-state index in [0.29, 0.717) is 34.7 Å². The maximum Gasteiger partial charge on any atom is 0.573 e. The van der Waals surface area contributed by atoms with Gasteiger partial charge in [0.05, 0.1) is 17.9 Å².